The number of piperidine rings is 1. The Balaban J connectivity index is 1.91. The van der Waals surface area contributed by atoms with Gasteiger partial charge in [0.05, 0.1) is 11.1 Å². The lowest BCUT2D eigenvalue weighted by Crippen LogP contribution is -2.39. The molecule has 0 saturated carbocycles. The normalized spacial score (nSPS) is 19.9. The van der Waals surface area contributed by atoms with Crippen molar-refractivity contribution in [3.05, 3.63) is 47.0 Å². The van der Waals surface area contributed by atoms with Crippen LogP contribution < -0.4 is 0 Å². The number of hydrogen-bond donors (Lipinski definition) is 1. The van der Waals surface area contributed by atoms with Crippen molar-refractivity contribution < 1.29 is 12.8 Å². The zero-order chi connectivity index (χ0) is 16.6. The van der Waals surface area contributed by atoms with Crippen molar-refractivity contribution in [2.45, 2.75) is 37.5 Å². The molecule has 0 bridgehead atoms. The summed E-state index contributed by atoms with van der Waals surface area (Å²) in [5.74, 6) is -0.443. The van der Waals surface area contributed by atoms with Crippen LogP contribution in [-0.4, -0.2) is 36.0 Å². The van der Waals surface area contributed by atoms with Crippen molar-refractivity contribution in [2.24, 2.45) is 0 Å². The quantitative estimate of drug-likeness (QED) is 0.936. The molecule has 0 spiro atoms. The summed E-state index contributed by atoms with van der Waals surface area (Å²) in [6.07, 6.45) is 3.44. The van der Waals surface area contributed by atoms with E-state index in [-0.39, 0.29) is 10.8 Å². The van der Waals surface area contributed by atoms with Gasteiger partial charge in [-0.2, -0.15) is 9.40 Å². The number of sulfonamides is 1. The maximum Gasteiger partial charge on any atom is 0.243 e. The largest absolute Gasteiger partial charge is 0.282 e. The van der Waals surface area contributed by atoms with Crippen LogP contribution in [0.2, 0.25) is 0 Å². The Kier molecular flexibility index (Phi) is 4.25. The van der Waals surface area contributed by atoms with E-state index in [1.54, 1.807) is 13.1 Å². The number of hydrogen-bond acceptors (Lipinski definition) is 3. The number of benzene rings is 1. The van der Waals surface area contributed by atoms with Gasteiger partial charge < -0.3 is 0 Å². The van der Waals surface area contributed by atoms with Crippen LogP contribution in [0, 0.1) is 19.7 Å². The summed E-state index contributed by atoms with van der Waals surface area (Å²) < 4.78 is 40.8. The predicted octanol–water partition coefficient (Wildman–Crippen LogP) is 2.73. The molecule has 1 aromatic carbocycles. The monoisotopic (exact) mass is 337 g/mol. The smallest absolute Gasteiger partial charge is 0.243 e. The van der Waals surface area contributed by atoms with Crippen LogP contribution in [-0.2, 0) is 10.0 Å². The number of aryl methyl sites for hydroxylation is 2. The standard InChI is InChI=1S/C16H20FN3O2S/c1-11-5-6-14(17)8-15(11)23(21,22)20-7-3-4-13(10-20)16-12(2)9-18-19-16/h5-6,8-9,13H,3-4,7,10H2,1-2H3,(H,18,19). The summed E-state index contributed by atoms with van der Waals surface area (Å²) in [5.41, 5.74) is 2.59. The highest BCUT2D eigenvalue weighted by Crippen LogP contribution is 2.31. The van der Waals surface area contributed by atoms with Gasteiger partial charge in [0.25, 0.3) is 0 Å². The Morgan fingerprint density at radius 1 is 1.30 bits per heavy atom. The lowest BCUT2D eigenvalue weighted by molar-refractivity contribution is 0.312. The van der Waals surface area contributed by atoms with Crippen LogP contribution in [0.5, 0.6) is 0 Å². The van der Waals surface area contributed by atoms with E-state index in [0.29, 0.717) is 18.7 Å². The molecule has 0 amide bonds. The second kappa shape index (κ2) is 6.05. The van der Waals surface area contributed by atoms with Gasteiger partial charge in [-0.25, -0.2) is 12.8 Å². The minimum absolute atomic E-state index is 0.0551. The third kappa shape index (κ3) is 3.03. The van der Waals surface area contributed by atoms with Crippen LogP contribution in [0.4, 0.5) is 4.39 Å². The Morgan fingerprint density at radius 3 is 2.78 bits per heavy atom. The summed E-state index contributed by atoms with van der Waals surface area (Å²) in [6, 6.07) is 3.89. The van der Waals surface area contributed by atoms with Crippen LogP contribution >= 0.6 is 0 Å². The lowest BCUT2D eigenvalue weighted by atomic mass is 9.94. The number of halogens is 1. The second-order valence-corrected chi connectivity index (χ2v) is 7.99. The summed E-state index contributed by atoms with van der Waals surface area (Å²) >= 11 is 0. The van der Waals surface area contributed by atoms with Crippen molar-refractivity contribution in [3.8, 4) is 0 Å². The maximum absolute atomic E-state index is 13.5. The van der Waals surface area contributed by atoms with E-state index in [1.165, 1.54) is 16.4 Å². The fourth-order valence-corrected chi connectivity index (χ4v) is 4.92. The number of aromatic nitrogens is 2. The third-order valence-electron chi connectivity index (χ3n) is 4.43. The molecule has 1 atom stereocenters. The number of H-pyrrole nitrogens is 1. The lowest BCUT2D eigenvalue weighted by Gasteiger charge is -2.32. The highest BCUT2D eigenvalue weighted by Gasteiger charge is 2.33. The molecule has 1 unspecified atom stereocenters. The summed E-state index contributed by atoms with van der Waals surface area (Å²) in [6.45, 7) is 4.50. The molecule has 0 radical (unpaired) electrons. The first-order valence-electron chi connectivity index (χ1n) is 7.66. The van der Waals surface area contributed by atoms with Gasteiger partial charge in [0.15, 0.2) is 0 Å². The molecule has 23 heavy (non-hydrogen) atoms. The van der Waals surface area contributed by atoms with Gasteiger partial charge >= 0.3 is 0 Å². The van der Waals surface area contributed by atoms with E-state index in [9.17, 15) is 12.8 Å². The van der Waals surface area contributed by atoms with E-state index in [1.807, 2.05) is 6.92 Å². The van der Waals surface area contributed by atoms with Gasteiger partial charge in [-0.05, 0) is 49.9 Å². The minimum Gasteiger partial charge on any atom is -0.282 e. The summed E-state index contributed by atoms with van der Waals surface area (Å²) in [5, 5.41) is 7.00. The Labute approximate surface area is 135 Å². The van der Waals surface area contributed by atoms with Gasteiger partial charge in [-0.3, -0.25) is 5.10 Å². The molecule has 1 aliphatic rings. The highest BCUT2D eigenvalue weighted by molar-refractivity contribution is 7.89. The Hall–Kier alpha value is -1.73. The molecule has 2 aromatic rings. The van der Waals surface area contributed by atoms with Crippen molar-refractivity contribution in [1.29, 1.82) is 0 Å². The molecule has 1 N–H and O–H groups in total. The highest BCUT2D eigenvalue weighted by atomic mass is 32.2. The number of nitrogens with one attached hydrogen (secondary N) is 1. The van der Waals surface area contributed by atoms with Crippen molar-refractivity contribution in [2.75, 3.05) is 13.1 Å². The second-order valence-electron chi connectivity index (χ2n) is 6.08. The number of nitrogens with zero attached hydrogens (tertiary/aromatic N) is 2. The van der Waals surface area contributed by atoms with E-state index >= 15 is 0 Å². The van der Waals surface area contributed by atoms with Gasteiger partial charge in [0, 0.05) is 24.7 Å². The molecule has 3 rings (SSSR count). The third-order valence-corrected chi connectivity index (χ3v) is 6.44. The fraction of sp³-hybridized carbons (Fsp3) is 0.438. The predicted molar refractivity (Wildman–Crippen MR) is 85.2 cm³/mol. The van der Waals surface area contributed by atoms with E-state index < -0.39 is 15.8 Å². The Bertz CT molecular complexity index is 816. The minimum atomic E-state index is -3.69. The van der Waals surface area contributed by atoms with Crippen LogP contribution in [0.3, 0.4) is 0 Å². The molecule has 1 aliphatic heterocycles. The molecule has 2 heterocycles. The van der Waals surface area contributed by atoms with Crippen LogP contribution in [0.1, 0.15) is 35.6 Å². The van der Waals surface area contributed by atoms with Gasteiger partial charge in [-0.15, -0.1) is 0 Å². The van der Waals surface area contributed by atoms with Crippen molar-refractivity contribution >= 4 is 10.0 Å². The van der Waals surface area contributed by atoms with Crippen LogP contribution in [0.15, 0.2) is 29.3 Å². The van der Waals surface area contributed by atoms with Gasteiger partial charge in [0.2, 0.25) is 10.0 Å². The average molecular weight is 337 g/mol. The average Bonchev–Trinajstić information content (AvgIpc) is 2.96. The molecule has 7 heteroatoms. The molecular formula is C16H20FN3O2S. The topological polar surface area (TPSA) is 66.1 Å². The molecule has 1 aromatic heterocycles. The summed E-state index contributed by atoms with van der Waals surface area (Å²) in [7, 11) is -3.69. The first kappa shape index (κ1) is 16.1. The van der Waals surface area contributed by atoms with E-state index in [2.05, 4.69) is 10.2 Å². The van der Waals surface area contributed by atoms with Gasteiger partial charge in [0.1, 0.15) is 5.82 Å². The maximum atomic E-state index is 13.5. The van der Waals surface area contributed by atoms with Crippen LogP contribution in [0.25, 0.3) is 0 Å². The zero-order valence-electron chi connectivity index (χ0n) is 13.2. The molecule has 1 fully saturated rings. The molecule has 0 aliphatic carbocycles. The molecule has 1 saturated heterocycles. The SMILES string of the molecule is Cc1ccc(F)cc1S(=O)(=O)N1CCCC(c2[nH]ncc2C)C1. The Morgan fingerprint density at radius 2 is 2.09 bits per heavy atom. The van der Waals surface area contributed by atoms with E-state index in [0.717, 1.165) is 30.2 Å². The van der Waals surface area contributed by atoms with E-state index in [4.69, 9.17) is 0 Å². The zero-order valence-corrected chi connectivity index (χ0v) is 14.0. The molecule has 5 nitrogen and oxygen atoms in total. The number of rotatable bonds is 3. The van der Waals surface area contributed by atoms with Crippen molar-refractivity contribution in [3.63, 3.8) is 0 Å². The van der Waals surface area contributed by atoms with Gasteiger partial charge in [-0.1, -0.05) is 6.07 Å². The fourth-order valence-electron chi connectivity index (χ4n) is 3.16. The summed E-state index contributed by atoms with van der Waals surface area (Å²) in [4.78, 5) is 0.0551. The molecule has 124 valence electrons. The first-order valence-corrected chi connectivity index (χ1v) is 9.10. The van der Waals surface area contributed by atoms with Crippen molar-refractivity contribution in [1.82, 2.24) is 14.5 Å². The first-order chi connectivity index (χ1) is 10.9. The number of aromatic amines is 1. The molecular weight excluding hydrogens is 317 g/mol.